The van der Waals surface area contributed by atoms with Gasteiger partial charge in [0.15, 0.2) is 6.29 Å². The number of aldehydes is 1. The van der Waals surface area contributed by atoms with Gasteiger partial charge in [-0.2, -0.15) is 13.2 Å². The van der Waals surface area contributed by atoms with Crippen LogP contribution in [-0.2, 0) is 11.0 Å². The van der Waals surface area contributed by atoms with Gasteiger partial charge in [0.2, 0.25) is 0 Å². The number of halogens is 3. The number of benzene rings is 2. The Bertz CT molecular complexity index is 956. The molecule has 1 fully saturated rings. The predicted molar refractivity (Wildman–Crippen MR) is 144 cm³/mol. The van der Waals surface area contributed by atoms with Crippen LogP contribution in [0.3, 0.4) is 0 Å². The van der Waals surface area contributed by atoms with Crippen molar-refractivity contribution in [3.8, 4) is 23.0 Å². The van der Waals surface area contributed by atoms with E-state index in [1.165, 1.54) is 25.0 Å². The summed E-state index contributed by atoms with van der Waals surface area (Å²) in [4.78, 5) is 10.2. The minimum atomic E-state index is -4.48. The van der Waals surface area contributed by atoms with Crippen molar-refractivity contribution in [1.29, 1.82) is 0 Å². The van der Waals surface area contributed by atoms with Gasteiger partial charge in [-0.05, 0) is 60.3 Å². The molecule has 0 spiro atoms. The summed E-state index contributed by atoms with van der Waals surface area (Å²) in [6.45, 7) is 16.7. The molecule has 2 aromatic rings. The number of carbonyl (C=O) groups is 1. The molecule has 0 saturated heterocycles. The van der Waals surface area contributed by atoms with Gasteiger partial charge in [-0.25, -0.2) is 0 Å². The van der Waals surface area contributed by atoms with Crippen LogP contribution in [0.4, 0.5) is 13.2 Å². The van der Waals surface area contributed by atoms with Crippen molar-refractivity contribution >= 4 is 6.29 Å². The average Bonchev–Trinajstić information content (AvgIpc) is 3.72. The van der Waals surface area contributed by atoms with E-state index in [1.54, 1.807) is 30.3 Å². The van der Waals surface area contributed by atoms with Gasteiger partial charge in [-0.15, -0.1) is 6.58 Å². The lowest BCUT2D eigenvalue weighted by molar-refractivity contribution is -0.137. The molecule has 2 aromatic carbocycles. The molecule has 1 atom stereocenters. The van der Waals surface area contributed by atoms with Crippen molar-refractivity contribution in [3.05, 3.63) is 72.3 Å². The van der Waals surface area contributed by atoms with Crippen molar-refractivity contribution in [3.63, 3.8) is 0 Å². The molecule has 3 rings (SSSR count). The molecule has 0 aliphatic heterocycles. The number of hydrogen-bond acceptors (Lipinski definition) is 2. The van der Waals surface area contributed by atoms with Gasteiger partial charge in [-0.3, -0.25) is 4.79 Å². The predicted octanol–water partition coefficient (Wildman–Crippen LogP) is 8.58. The Hall–Kier alpha value is -2.84. The molecule has 198 valence electrons. The van der Waals surface area contributed by atoms with E-state index < -0.39 is 11.7 Å². The fourth-order valence-electron chi connectivity index (χ4n) is 3.40. The number of carbonyl (C=O) groups excluding carboxylic acids is 1. The third kappa shape index (κ3) is 11.3. The van der Waals surface area contributed by atoms with E-state index in [4.69, 9.17) is 5.11 Å². The maximum atomic E-state index is 13.1. The van der Waals surface area contributed by atoms with E-state index in [-0.39, 0.29) is 23.1 Å². The number of aliphatic hydroxyl groups excluding tert-OH is 1. The number of hydrogen-bond donors (Lipinski definition) is 1. The Morgan fingerprint density at radius 2 is 1.64 bits per heavy atom. The molecule has 1 N–H and O–H groups in total. The molecule has 0 radical (unpaired) electrons. The minimum absolute atomic E-state index is 0.0556. The van der Waals surface area contributed by atoms with Gasteiger partial charge >= 0.3 is 6.18 Å². The summed E-state index contributed by atoms with van der Waals surface area (Å²) < 4.78 is 39.4. The number of alkyl halides is 3. The highest BCUT2D eigenvalue weighted by Gasteiger charge is 2.40. The van der Waals surface area contributed by atoms with Crippen molar-refractivity contribution < 1.29 is 23.1 Å². The Kier molecular flexibility index (Phi) is 15.4. The molecule has 0 aromatic heterocycles. The second-order valence-electron chi connectivity index (χ2n) is 8.97. The first kappa shape index (κ1) is 33.2. The second kappa shape index (κ2) is 16.8. The van der Waals surface area contributed by atoms with Gasteiger partial charge in [-0.1, -0.05) is 89.9 Å². The third-order valence-electron chi connectivity index (χ3n) is 5.43. The van der Waals surface area contributed by atoms with Crippen LogP contribution in [-0.4, -0.2) is 18.0 Å². The third-order valence-corrected chi connectivity index (χ3v) is 5.43. The Morgan fingerprint density at radius 1 is 1.08 bits per heavy atom. The summed E-state index contributed by atoms with van der Waals surface area (Å²) in [5.41, 5.74) is 0.0231. The number of aliphatic hydroxyl groups is 1. The monoisotopic (exact) mass is 502 g/mol. The highest BCUT2D eigenvalue weighted by atomic mass is 19.4. The summed E-state index contributed by atoms with van der Waals surface area (Å²) in [6.07, 6.45) is 1.38. The van der Waals surface area contributed by atoms with Gasteiger partial charge in [0, 0.05) is 11.0 Å². The molecule has 5 heteroatoms. The van der Waals surface area contributed by atoms with E-state index in [9.17, 15) is 18.0 Å². The van der Waals surface area contributed by atoms with Crippen LogP contribution in [0, 0.1) is 29.1 Å². The van der Waals surface area contributed by atoms with Crippen LogP contribution in [0.25, 0.3) is 11.1 Å². The first-order valence-electron chi connectivity index (χ1n) is 12.5. The molecule has 1 aliphatic carbocycles. The van der Waals surface area contributed by atoms with Crippen LogP contribution in [0.2, 0.25) is 0 Å². The summed E-state index contributed by atoms with van der Waals surface area (Å²) in [5, 5.41) is 9.12. The lowest BCUT2D eigenvalue weighted by atomic mass is 9.81. The van der Waals surface area contributed by atoms with Crippen molar-refractivity contribution in [2.45, 2.75) is 67.0 Å². The van der Waals surface area contributed by atoms with E-state index in [0.717, 1.165) is 24.3 Å². The van der Waals surface area contributed by atoms with Crippen LogP contribution in [0.1, 0.15) is 71.9 Å². The maximum absolute atomic E-state index is 13.1. The van der Waals surface area contributed by atoms with E-state index in [1.807, 2.05) is 19.9 Å². The Balaban J connectivity index is 0.000000637. The zero-order chi connectivity index (χ0) is 27.8. The van der Waals surface area contributed by atoms with E-state index in [0.29, 0.717) is 11.8 Å². The maximum Gasteiger partial charge on any atom is 0.417 e. The quantitative estimate of drug-likeness (QED) is 0.253. The fourth-order valence-corrected chi connectivity index (χ4v) is 3.40. The van der Waals surface area contributed by atoms with Crippen molar-refractivity contribution in [1.82, 2.24) is 0 Å². The van der Waals surface area contributed by atoms with Crippen LogP contribution < -0.4 is 0 Å². The lowest BCUT2D eigenvalue weighted by Gasteiger charge is -2.26. The standard InChI is InChI=1S/C16H9F3O.C9H16O.C4H10.C2H6/c17-16(18,19)15-11-12(5-4-10-20)8-9-14(15)13-6-2-1-3-7-13;1-3-9(4-2,7-10)8-5-6-8;1-4(2)3;1-2/h1-3,6-11H;3,8,10H,1,4-7H2,2H3;4H,1-3H3;1-2H3. The molecular formula is C31H41F3O2. The zero-order valence-electron chi connectivity index (χ0n) is 22.5. The Morgan fingerprint density at radius 3 is 2.00 bits per heavy atom. The topological polar surface area (TPSA) is 37.3 Å². The normalized spacial score (nSPS) is 13.6. The zero-order valence-corrected chi connectivity index (χ0v) is 22.5. The summed E-state index contributed by atoms with van der Waals surface area (Å²) >= 11 is 0. The van der Waals surface area contributed by atoms with Gasteiger partial charge in [0.1, 0.15) is 0 Å². The molecule has 0 heterocycles. The molecule has 0 bridgehead atoms. The van der Waals surface area contributed by atoms with Gasteiger partial charge < -0.3 is 5.11 Å². The molecular weight excluding hydrogens is 461 g/mol. The molecule has 1 unspecified atom stereocenters. The first-order chi connectivity index (χ1) is 17.0. The van der Waals surface area contributed by atoms with Gasteiger partial charge in [0.05, 0.1) is 12.2 Å². The van der Waals surface area contributed by atoms with Crippen LogP contribution >= 0.6 is 0 Å². The van der Waals surface area contributed by atoms with E-state index >= 15 is 0 Å². The largest absolute Gasteiger partial charge is 0.417 e. The smallest absolute Gasteiger partial charge is 0.395 e. The van der Waals surface area contributed by atoms with Crippen molar-refractivity contribution in [2.75, 3.05) is 6.61 Å². The summed E-state index contributed by atoms with van der Waals surface area (Å²) in [7, 11) is 0. The highest BCUT2D eigenvalue weighted by Crippen LogP contribution is 2.48. The molecule has 1 aliphatic rings. The molecule has 2 nitrogen and oxygen atoms in total. The van der Waals surface area contributed by atoms with Gasteiger partial charge in [0.25, 0.3) is 0 Å². The molecule has 1 saturated carbocycles. The summed E-state index contributed by atoms with van der Waals surface area (Å²) in [5.74, 6) is 6.03. The first-order valence-corrected chi connectivity index (χ1v) is 12.5. The van der Waals surface area contributed by atoms with Crippen LogP contribution in [0.15, 0.2) is 61.2 Å². The fraction of sp³-hybridized carbons (Fsp3) is 0.452. The Labute approximate surface area is 215 Å². The minimum Gasteiger partial charge on any atom is -0.395 e. The van der Waals surface area contributed by atoms with E-state index in [2.05, 4.69) is 46.1 Å². The SMILES string of the molecule is C=CC(CC)(CO)C1CC1.CC.CC(C)C.O=CC#Cc1ccc(-c2ccccc2)c(C(F)(F)F)c1. The highest BCUT2D eigenvalue weighted by molar-refractivity contribution is 5.75. The van der Waals surface area contributed by atoms with Crippen LogP contribution in [0.5, 0.6) is 0 Å². The lowest BCUT2D eigenvalue weighted by Crippen LogP contribution is -2.23. The summed E-state index contributed by atoms with van der Waals surface area (Å²) in [6, 6.07) is 12.1. The molecule has 0 amide bonds. The van der Waals surface area contributed by atoms with Crippen molar-refractivity contribution in [2.24, 2.45) is 17.3 Å². The molecule has 36 heavy (non-hydrogen) atoms. The number of rotatable bonds is 5. The second-order valence-corrected chi connectivity index (χ2v) is 8.97. The average molecular weight is 503 g/mol.